The van der Waals surface area contributed by atoms with Crippen LogP contribution in [-0.2, 0) is 38.4 Å². The second kappa shape index (κ2) is 27.8. The number of aliphatic hydroxyl groups excluding tert-OH is 2. The zero-order valence-corrected chi connectivity index (χ0v) is 42.0. The average molecular weight is 1050 g/mol. The SMILES string of the molecule is CC1(C)OB(c2ccc(S(=O)(=O)NCCO)cc2)OC1(C)C.O=S(=O)(Cl)c1ccc(Br)cc1.O=S(=O)(NCCO)c1ccc(Br)cc1.[B][B]B(B([B])[B])B(B([B])[B])B(B([B])[B])B([B])[B]. The summed E-state index contributed by atoms with van der Waals surface area (Å²) in [5, 5.41) is 17.2. The number of hydrogen-bond acceptors (Lipinski definition) is 10. The Labute approximate surface area is 418 Å². The zero-order valence-electron chi connectivity index (χ0n) is 35.7. The molecular formula is C28H36B18Br2ClN2O10S3. The average Bonchev–Trinajstić information content (AvgIpc) is 3.42. The number of aliphatic hydroxyl groups is 2. The predicted molar refractivity (Wildman–Crippen MR) is 286 cm³/mol. The number of benzene rings is 3. The quantitative estimate of drug-likeness (QED) is 0.0798. The lowest BCUT2D eigenvalue weighted by molar-refractivity contribution is 0.00578. The molecule has 0 atom stereocenters. The lowest BCUT2D eigenvalue weighted by atomic mass is 8.43. The molecule has 311 valence electrons. The highest BCUT2D eigenvalue weighted by Gasteiger charge is 2.51. The zero-order chi connectivity index (χ0) is 49.4. The summed E-state index contributed by atoms with van der Waals surface area (Å²) in [4.78, 5) is 0.442. The third-order valence-electron chi connectivity index (χ3n) is 9.63. The Kier molecular flexibility index (Phi) is 26.8. The molecule has 12 nitrogen and oxygen atoms in total. The minimum Gasteiger partial charge on any atom is -0.399 e. The molecule has 0 unspecified atom stereocenters. The second-order valence-corrected chi connectivity index (χ2v) is 22.9. The van der Waals surface area contributed by atoms with Crippen molar-refractivity contribution < 1.29 is 44.8 Å². The topological polar surface area (TPSA) is 185 Å². The highest BCUT2D eigenvalue weighted by molar-refractivity contribution is 9.10. The van der Waals surface area contributed by atoms with Gasteiger partial charge in [-0.2, -0.15) is 0 Å². The molecule has 0 saturated carbocycles. The maximum atomic E-state index is 11.9. The van der Waals surface area contributed by atoms with Crippen LogP contribution in [0.5, 0.6) is 0 Å². The largest absolute Gasteiger partial charge is 0.494 e. The van der Waals surface area contributed by atoms with Gasteiger partial charge in [0.15, 0.2) is 0 Å². The van der Waals surface area contributed by atoms with Crippen LogP contribution in [0, 0.1) is 0 Å². The first-order valence-electron chi connectivity index (χ1n) is 19.1. The monoisotopic (exact) mass is 1050 g/mol. The van der Waals surface area contributed by atoms with E-state index in [1.165, 1.54) is 43.5 Å². The summed E-state index contributed by atoms with van der Waals surface area (Å²) in [6.07, 6.45) is -4.66. The molecule has 4 N–H and O–H groups in total. The predicted octanol–water partition coefficient (Wildman–Crippen LogP) is -3.12. The van der Waals surface area contributed by atoms with Crippen molar-refractivity contribution in [1.82, 2.24) is 9.44 Å². The maximum absolute atomic E-state index is 11.9. The van der Waals surface area contributed by atoms with Crippen LogP contribution < -0.4 is 14.9 Å². The number of sulfonamides is 2. The first-order chi connectivity index (χ1) is 29.4. The third kappa shape index (κ3) is 20.0. The normalized spacial score (nSPS) is 13.9. The van der Waals surface area contributed by atoms with Gasteiger partial charge in [-0.05, 0) is 93.8 Å². The first-order valence-corrected chi connectivity index (χ1v) is 26.0. The summed E-state index contributed by atoms with van der Waals surface area (Å²) in [5.74, 6) is 0. The van der Waals surface area contributed by atoms with E-state index in [0.717, 1.165) is 14.4 Å². The van der Waals surface area contributed by atoms with E-state index in [1.54, 1.807) is 36.4 Å². The summed E-state index contributed by atoms with van der Waals surface area (Å²) < 4.78 is 86.2. The Bertz CT molecular complexity index is 2170. The molecule has 1 heterocycles. The van der Waals surface area contributed by atoms with Gasteiger partial charge in [0.05, 0.1) is 39.1 Å². The number of halogens is 3. The molecule has 3 aromatic rings. The minimum atomic E-state index is -3.60. The Morgan fingerprint density at radius 2 is 0.938 bits per heavy atom. The van der Waals surface area contributed by atoms with E-state index in [-0.39, 0.29) is 41.0 Å². The van der Waals surface area contributed by atoms with Gasteiger partial charge in [-0.15, -0.1) is 0 Å². The molecule has 0 aliphatic carbocycles. The second-order valence-electron chi connectivity index (χ2n) is 15.0. The van der Waals surface area contributed by atoms with Gasteiger partial charge >= 0.3 is 7.12 Å². The summed E-state index contributed by atoms with van der Waals surface area (Å²) in [6, 6.07) is 18.7. The van der Waals surface area contributed by atoms with Gasteiger partial charge in [-0.3, -0.25) is 0 Å². The van der Waals surface area contributed by atoms with Gasteiger partial charge in [0, 0.05) is 154 Å². The lowest BCUT2D eigenvalue weighted by Gasteiger charge is -2.38. The molecule has 4 rings (SSSR count). The van der Waals surface area contributed by atoms with Crippen molar-refractivity contribution in [3.8, 4) is 0 Å². The molecule has 0 spiro atoms. The Morgan fingerprint density at radius 1 is 0.609 bits per heavy atom. The van der Waals surface area contributed by atoms with Crippen molar-refractivity contribution in [3.63, 3.8) is 0 Å². The molecule has 0 bridgehead atoms. The summed E-state index contributed by atoms with van der Waals surface area (Å²) >= 11 is 6.38. The van der Waals surface area contributed by atoms with Crippen molar-refractivity contribution in [2.45, 2.75) is 53.6 Å². The van der Waals surface area contributed by atoms with Crippen molar-refractivity contribution in [3.05, 3.63) is 81.7 Å². The Balaban J connectivity index is 0.000000440. The molecule has 64 heavy (non-hydrogen) atoms. The van der Waals surface area contributed by atoms with Gasteiger partial charge in [0.1, 0.15) is 0 Å². The fourth-order valence-corrected chi connectivity index (χ4v) is 8.91. The molecule has 1 saturated heterocycles. The van der Waals surface area contributed by atoms with E-state index in [2.05, 4.69) is 41.3 Å². The van der Waals surface area contributed by atoms with Gasteiger partial charge in [-0.1, -0.05) is 44.0 Å². The van der Waals surface area contributed by atoms with Gasteiger partial charge < -0.3 is 19.5 Å². The van der Waals surface area contributed by atoms with Gasteiger partial charge in [0.25, 0.3) is 9.05 Å². The van der Waals surface area contributed by atoms with E-state index in [4.69, 9.17) is 99.8 Å². The van der Waals surface area contributed by atoms with Crippen LogP contribution in [0.25, 0.3) is 0 Å². The van der Waals surface area contributed by atoms with E-state index in [1.807, 2.05) is 27.7 Å². The smallest absolute Gasteiger partial charge is 0.399 e. The van der Waals surface area contributed by atoms with E-state index >= 15 is 0 Å². The van der Waals surface area contributed by atoms with Crippen LogP contribution in [0.4, 0.5) is 0 Å². The molecule has 36 heteroatoms. The third-order valence-corrected chi connectivity index (χ3v) is 15.0. The molecule has 19 radical (unpaired) electrons. The Hall–Kier alpha value is -0.311. The fourth-order valence-electron chi connectivity index (χ4n) is 5.57. The molecule has 3 aromatic carbocycles. The number of hydrogen-bond donors (Lipinski definition) is 4. The van der Waals surface area contributed by atoms with Crippen molar-refractivity contribution >= 4 is 206 Å². The van der Waals surface area contributed by atoms with E-state index < -0.39 is 92.1 Å². The molecule has 1 aliphatic heterocycles. The van der Waals surface area contributed by atoms with Crippen molar-refractivity contribution in [2.75, 3.05) is 26.3 Å². The van der Waals surface area contributed by atoms with Crippen molar-refractivity contribution in [1.29, 1.82) is 0 Å². The molecule has 1 fully saturated rings. The minimum absolute atomic E-state index is 0.0126. The van der Waals surface area contributed by atoms with Crippen LogP contribution in [0.3, 0.4) is 0 Å². The highest BCUT2D eigenvalue weighted by Crippen LogP contribution is 2.36. The molecule has 1 aliphatic rings. The summed E-state index contributed by atoms with van der Waals surface area (Å²) in [5.41, 5.74) is -0.115. The molecule has 0 amide bonds. The van der Waals surface area contributed by atoms with E-state index in [9.17, 15) is 25.3 Å². The highest BCUT2D eigenvalue weighted by atomic mass is 79.9. The number of rotatable bonds is 17. The van der Waals surface area contributed by atoms with Gasteiger partial charge in [0.2, 0.25) is 20.0 Å². The summed E-state index contributed by atoms with van der Waals surface area (Å²) in [7, 11) is 45.9. The Morgan fingerprint density at radius 3 is 1.22 bits per heavy atom. The van der Waals surface area contributed by atoms with Crippen LogP contribution in [0.2, 0.25) is 0 Å². The first kappa shape index (κ1) is 61.7. The van der Waals surface area contributed by atoms with Crippen LogP contribution in [-0.4, -0.2) is 201 Å². The van der Waals surface area contributed by atoms with Crippen LogP contribution in [0.1, 0.15) is 27.7 Å². The van der Waals surface area contributed by atoms with Crippen molar-refractivity contribution in [2.24, 2.45) is 0 Å². The van der Waals surface area contributed by atoms with E-state index in [0.29, 0.717) is 0 Å². The fraction of sp³-hybridized carbons (Fsp3) is 0.357. The lowest BCUT2D eigenvalue weighted by Crippen LogP contribution is -2.76. The van der Waals surface area contributed by atoms with Gasteiger partial charge in [-0.25, -0.2) is 34.7 Å². The molecular weight excluding hydrogens is 1010 g/mol. The van der Waals surface area contributed by atoms with Crippen LogP contribution in [0.15, 0.2) is 96.4 Å². The van der Waals surface area contributed by atoms with Crippen LogP contribution >= 0.6 is 42.5 Å². The maximum Gasteiger partial charge on any atom is 0.494 e. The standard InChI is InChI=1S/C14H22BNO5S.C8H10BrNO3S.C6H4BrClO2S.B17/c1-13(2)14(3,4)21-15(20-13)11-5-7-12(8-6-11)22(18,19)16-9-10-17;9-7-1-3-8(4-2-7)14(12,13)10-5-6-11;7-5-1-3-6(4-2-5)11(8,9)10;1-10-15(11(2)3)17(14(8)9)16(12(4)5)13(6)7/h5-8,16-17H,9-10H2,1-4H3;1-4,10-11H,5-6H2;1-4H;. The number of nitrogens with one attached hydrogen (secondary N) is 2. The molecule has 0 aromatic heterocycles. The summed E-state index contributed by atoms with van der Waals surface area (Å²) in [6.45, 7) is 7.41.